The van der Waals surface area contributed by atoms with Crippen LogP contribution in [-0.4, -0.2) is 26.3 Å². The molecule has 2 heterocycles. The number of aromatic nitrogens is 3. The fourth-order valence-electron chi connectivity index (χ4n) is 1.87. The number of H-pyrrole nitrogens is 2. The number of hydrogen-bond acceptors (Lipinski definition) is 2. The van der Waals surface area contributed by atoms with Gasteiger partial charge in [-0.2, -0.15) is 5.10 Å². The van der Waals surface area contributed by atoms with E-state index in [2.05, 4.69) is 15.2 Å². The van der Waals surface area contributed by atoms with Gasteiger partial charge in [0.1, 0.15) is 5.69 Å². The highest BCUT2D eigenvalue weighted by Gasteiger charge is 2.12. The largest absolute Gasteiger partial charge is 0.477 e. The number of nitrogens with zero attached hydrogens (tertiary/aromatic N) is 1. The Morgan fingerprint density at radius 2 is 2.17 bits per heavy atom. The van der Waals surface area contributed by atoms with Crippen LogP contribution in [0.25, 0.3) is 22.2 Å². The van der Waals surface area contributed by atoms with Crippen LogP contribution in [0.1, 0.15) is 10.5 Å². The Labute approximate surface area is 106 Å². The highest BCUT2D eigenvalue weighted by Crippen LogP contribution is 2.29. The van der Waals surface area contributed by atoms with Crippen LogP contribution < -0.4 is 0 Å². The molecule has 0 aliphatic rings. The maximum absolute atomic E-state index is 10.8. The number of aromatic carboxylic acids is 1. The molecular formula is C12H8ClN3O2. The van der Waals surface area contributed by atoms with Crippen molar-refractivity contribution in [3.63, 3.8) is 0 Å². The van der Waals surface area contributed by atoms with Crippen molar-refractivity contribution in [1.82, 2.24) is 15.2 Å². The molecular weight excluding hydrogens is 254 g/mol. The van der Waals surface area contributed by atoms with Crippen LogP contribution >= 0.6 is 11.6 Å². The lowest BCUT2D eigenvalue weighted by Crippen LogP contribution is -1.95. The molecule has 6 heteroatoms. The second kappa shape index (κ2) is 3.89. The average Bonchev–Trinajstić information content (AvgIpc) is 2.93. The number of halogens is 1. The number of benzene rings is 1. The van der Waals surface area contributed by atoms with E-state index in [1.165, 1.54) is 6.07 Å². The maximum atomic E-state index is 10.8. The van der Waals surface area contributed by atoms with Gasteiger partial charge in [-0.3, -0.25) is 5.10 Å². The second-order valence-corrected chi connectivity index (χ2v) is 4.30. The van der Waals surface area contributed by atoms with Gasteiger partial charge in [-0.05, 0) is 24.3 Å². The molecule has 0 bridgehead atoms. The predicted octanol–water partition coefficient (Wildman–Crippen LogP) is 2.91. The third-order valence-corrected chi connectivity index (χ3v) is 2.96. The Bertz CT molecular complexity index is 745. The number of hydrogen-bond donors (Lipinski definition) is 3. The zero-order valence-corrected chi connectivity index (χ0v) is 9.82. The van der Waals surface area contributed by atoms with Crippen molar-refractivity contribution < 1.29 is 9.90 Å². The second-order valence-electron chi connectivity index (χ2n) is 3.86. The topological polar surface area (TPSA) is 81.8 Å². The van der Waals surface area contributed by atoms with Gasteiger partial charge in [-0.15, -0.1) is 0 Å². The summed E-state index contributed by atoms with van der Waals surface area (Å²) in [5.41, 5.74) is 2.37. The summed E-state index contributed by atoms with van der Waals surface area (Å²) in [6.07, 6.45) is 1.78. The monoisotopic (exact) mass is 261 g/mol. The number of nitrogens with one attached hydrogen (secondary N) is 2. The van der Waals surface area contributed by atoms with Gasteiger partial charge < -0.3 is 10.1 Å². The summed E-state index contributed by atoms with van der Waals surface area (Å²) < 4.78 is 0. The van der Waals surface area contributed by atoms with Crippen LogP contribution in [0.5, 0.6) is 0 Å². The highest BCUT2D eigenvalue weighted by atomic mass is 35.5. The molecule has 0 amide bonds. The van der Waals surface area contributed by atoms with Gasteiger partial charge >= 0.3 is 5.97 Å². The summed E-state index contributed by atoms with van der Waals surface area (Å²) in [6.45, 7) is 0. The van der Waals surface area contributed by atoms with E-state index in [9.17, 15) is 4.79 Å². The first-order valence-corrected chi connectivity index (χ1v) is 5.58. The van der Waals surface area contributed by atoms with Crippen molar-refractivity contribution in [2.45, 2.75) is 0 Å². The summed E-state index contributed by atoms with van der Waals surface area (Å²) in [7, 11) is 0. The highest BCUT2D eigenvalue weighted by molar-refractivity contribution is 6.31. The normalized spacial score (nSPS) is 10.9. The Morgan fingerprint density at radius 3 is 2.89 bits per heavy atom. The Balaban J connectivity index is 2.18. The van der Waals surface area contributed by atoms with Gasteiger partial charge in [-0.1, -0.05) is 11.6 Å². The van der Waals surface area contributed by atoms with E-state index >= 15 is 0 Å². The van der Waals surface area contributed by atoms with Crippen LogP contribution in [0.4, 0.5) is 0 Å². The Morgan fingerprint density at radius 1 is 1.33 bits per heavy atom. The quantitative estimate of drug-likeness (QED) is 0.663. The standard InChI is InChI=1S/C12H8ClN3O2/c13-6-1-2-9-7(3-6)8(5-14-9)10-4-11(12(17)18)16-15-10/h1-5,14H,(H,15,16)(H,17,18). The maximum Gasteiger partial charge on any atom is 0.353 e. The predicted molar refractivity (Wildman–Crippen MR) is 67.8 cm³/mol. The third-order valence-electron chi connectivity index (χ3n) is 2.73. The summed E-state index contributed by atoms with van der Waals surface area (Å²) in [5.74, 6) is -1.04. The van der Waals surface area contributed by atoms with Crippen molar-refractivity contribution in [1.29, 1.82) is 0 Å². The fourth-order valence-corrected chi connectivity index (χ4v) is 2.05. The molecule has 0 spiro atoms. The first kappa shape index (κ1) is 10.9. The lowest BCUT2D eigenvalue weighted by molar-refractivity contribution is 0.0690. The summed E-state index contributed by atoms with van der Waals surface area (Å²) in [4.78, 5) is 13.9. The van der Waals surface area contributed by atoms with Gasteiger partial charge in [0, 0.05) is 27.7 Å². The third kappa shape index (κ3) is 1.65. The van der Waals surface area contributed by atoms with E-state index in [1.54, 1.807) is 12.3 Å². The molecule has 0 saturated carbocycles. The van der Waals surface area contributed by atoms with Gasteiger partial charge in [0.15, 0.2) is 0 Å². The van der Waals surface area contributed by atoms with Gasteiger partial charge in [0.25, 0.3) is 0 Å². The first-order chi connectivity index (χ1) is 8.65. The number of carbonyl (C=O) groups is 1. The molecule has 0 fully saturated rings. The van der Waals surface area contributed by atoms with E-state index in [4.69, 9.17) is 16.7 Å². The van der Waals surface area contributed by atoms with Gasteiger partial charge in [0.2, 0.25) is 0 Å². The minimum absolute atomic E-state index is 0.0568. The smallest absolute Gasteiger partial charge is 0.353 e. The summed E-state index contributed by atoms with van der Waals surface area (Å²) in [5, 5.41) is 16.9. The molecule has 3 aromatic rings. The lowest BCUT2D eigenvalue weighted by atomic mass is 10.1. The molecule has 5 nitrogen and oxygen atoms in total. The Kier molecular flexibility index (Phi) is 2.34. The first-order valence-electron chi connectivity index (χ1n) is 5.21. The van der Waals surface area contributed by atoms with Crippen molar-refractivity contribution in [2.75, 3.05) is 0 Å². The molecule has 0 aliphatic carbocycles. The number of aromatic amines is 2. The van der Waals surface area contributed by atoms with Crippen LogP contribution in [0.3, 0.4) is 0 Å². The van der Waals surface area contributed by atoms with Gasteiger partial charge in [-0.25, -0.2) is 4.79 Å². The van der Waals surface area contributed by atoms with E-state index in [1.807, 2.05) is 12.1 Å². The van der Waals surface area contributed by atoms with Crippen LogP contribution in [-0.2, 0) is 0 Å². The zero-order valence-electron chi connectivity index (χ0n) is 9.07. The average molecular weight is 262 g/mol. The molecule has 0 aliphatic heterocycles. The van der Waals surface area contributed by atoms with Crippen molar-refractivity contribution in [3.05, 3.63) is 41.2 Å². The van der Waals surface area contributed by atoms with E-state index in [-0.39, 0.29) is 5.69 Å². The number of carboxylic acids is 1. The molecule has 0 saturated heterocycles. The number of fused-ring (bicyclic) bond motifs is 1. The minimum atomic E-state index is -1.04. The molecule has 0 radical (unpaired) electrons. The molecule has 1 aromatic carbocycles. The van der Waals surface area contributed by atoms with Crippen LogP contribution in [0.2, 0.25) is 5.02 Å². The zero-order chi connectivity index (χ0) is 12.7. The summed E-state index contributed by atoms with van der Waals surface area (Å²) >= 11 is 5.95. The minimum Gasteiger partial charge on any atom is -0.477 e. The molecule has 3 N–H and O–H groups in total. The van der Waals surface area contributed by atoms with Gasteiger partial charge in [0.05, 0.1) is 5.69 Å². The van der Waals surface area contributed by atoms with Crippen molar-refractivity contribution in [3.8, 4) is 11.3 Å². The molecule has 0 unspecified atom stereocenters. The Hall–Kier alpha value is -2.27. The molecule has 2 aromatic heterocycles. The molecule has 90 valence electrons. The van der Waals surface area contributed by atoms with E-state index < -0.39 is 5.97 Å². The lowest BCUT2D eigenvalue weighted by Gasteiger charge is -1.94. The summed E-state index contributed by atoms with van der Waals surface area (Å²) in [6, 6.07) is 6.97. The van der Waals surface area contributed by atoms with E-state index in [0.29, 0.717) is 10.7 Å². The van der Waals surface area contributed by atoms with Crippen molar-refractivity contribution >= 4 is 28.5 Å². The molecule has 0 atom stereocenters. The van der Waals surface area contributed by atoms with E-state index in [0.717, 1.165) is 16.5 Å². The molecule has 3 rings (SSSR count). The number of rotatable bonds is 2. The molecule has 18 heavy (non-hydrogen) atoms. The van der Waals surface area contributed by atoms with Crippen LogP contribution in [0.15, 0.2) is 30.5 Å². The fraction of sp³-hybridized carbons (Fsp3) is 0. The number of carboxylic acid groups (broad SMARTS) is 1. The SMILES string of the molecule is O=C(O)c1cc(-c2c[nH]c3ccc(Cl)cc23)n[nH]1. The van der Waals surface area contributed by atoms with Crippen LogP contribution in [0, 0.1) is 0 Å². The van der Waals surface area contributed by atoms with Crippen molar-refractivity contribution in [2.24, 2.45) is 0 Å².